The topological polar surface area (TPSA) is 94.6 Å². The van der Waals surface area contributed by atoms with E-state index >= 15 is 0 Å². The molecule has 0 fully saturated rings. The van der Waals surface area contributed by atoms with Gasteiger partial charge < -0.3 is 20.6 Å². The lowest BCUT2D eigenvalue weighted by atomic mass is 9.93. The highest BCUT2D eigenvalue weighted by atomic mass is 16.4. The first-order chi connectivity index (χ1) is 10.1. The molecule has 1 aromatic rings. The second kappa shape index (κ2) is 5.47. The van der Waals surface area contributed by atoms with Crippen LogP contribution in [0, 0.1) is 0 Å². The lowest BCUT2D eigenvalue weighted by molar-refractivity contribution is 0.0965. The van der Waals surface area contributed by atoms with E-state index in [1.807, 2.05) is 25.8 Å². The summed E-state index contributed by atoms with van der Waals surface area (Å²) in [6, 6.07) is 1.97. The number of carbonyl (C=O) groups is 2. The van der Waals surface area contributed by atoms with Gasteiger partial charge in [0.2, 0.25) is 0 Å². The van der Waals surface area contributed by atoms with Crippen molar-refractivity contribution < 1.29 is 14.7 Å². The third-order valence-corrected chi connectivity index (χ3v) is 3.93. The summed E-state index contributed by atoms with van der Waals surface area (Å²) in [5.41, 5.74) is 1.00. The molecule has 0 saturated heterocycles. The van der Waals surface area contributed by atoms with Gasteiger partial charge in [-0.25, -0.2) is 9.78 Å². The number of nitrogens with zero attached hydrogens (tertiary/aromatic N) is 2. The second-order valence-corrected chi connectivity index (χ2v) is 6.30. The van der Waals surface area contributed by atoms with Crippen LogP contribution in [0.1, 0.15) is 49.3 Å². The summed E-state index contributed by atoms with van der Waals surface area (Å²) in [5, 5.41) is 14.3. The van der Waals surface area contributed by atoms with Gasteiger partial charge >= 0.3 is 6.09 Å². The van der Waals surface area contributed by atoms with E-state index in [0.717, 1.165) is 5.56 Å². The van der Waals surface area contributed by atoms with Gasteiger partial charge in [0.25, 0.3) is 5.91 Å². The number of fused-ring (bicyclic) bond motifs is 1. The van der Waals surface area contributed by atoms with Crippen molar-refractivity contribution in [3.8, 4) is 0 Å². The molecule has 22 heavy (non-hydrogen) atoms. The molecule has 3 N–H and O–H groups in total. The first-order valence-corrected chi connectivity index (χ1v) is 7.20. The fourth-order valence-electron chi connectivity index (χ4n) is 2.49. The molecule has 0 atom stereocenters. The lowest BCUT2D eigenvalue weighted by Crippen LogP contribution is -2.42. The van der Waals surface area contributed by atoms with Crippen LogP contribution in [0.4, 0.5) is 10.6 Å². The van der Waals surface area contributed by atoms with E-state index in [0.29, 0.717) is 23.6 Å². The van der Waals surface area contributed by atoms with Crippen molar-refractivity contribution >= 4 is 17.8 Å². The Hall–Kier alpha value is -2.31. The SMILES string of the molecule is CC(C)N(C)c1cc2c(c(C(C)(C)NC(=O)O)n1)CNC2=O. The van der Waals surface area contributed by atoms with Crippen LogP contribution in [0.3, 0.4) is 0 Å². The molecule has 0 aliphatic carbocycles. The molecule has 1 aliphatic rings. The van der Waals surface area contributed by atoms with Crippen LogP contribution >= 0.6 is 0 Å². The summed E-state index contributed by atoms with van der Waals surface area (Å²) >= 11 is 0. The van der Waals surface area contributed by atoms with Crippen LogP contribution in [0.15, 0.2) is 6.07 Å². The summed E-state index contributed by atoms with van der Waals surface area (Å²) in [5.74, 6) is 0.504. The number of pyridine rings is 1. The van der Waals surface area contributed by atoms with E-state index in [9.17, 15) is 9.59 Å². The molecule has 1 aliphatic heterocycles. The van der Waals surface area contributed by atoms with E-state index in [4.69, 9.17) is 5.11 Å². The maximum atomic E-state index is 12.0. The Labute approximate surface area is 129 Å². The molecule has 0 spiro atoms. The molecule has 0 aromatic carbocycles. The van der Waals surface area contributed by atoms with Gasteiger partial charge in [0.05, 0.1) is 11.2 Å². The molecule has 0 unspecified atom stereocenters. The molecule has 120 valence electrons. The zero-order chi connectivity index (χ0) is 16.7. The maximum Gasteiger partial charge on any atom is 0.405 e. The van der Waals surface area contributed by atoms with Gasteiger partial charge in [-0.05, 0) is 33.8 Å². The largest absolute Gasteiger partial charge is 0.465 e. The Bertz CT molecular complexity index is 625. The zero-order valence-corrected chi connectivity index (χ0v) is 13.5. The van der Waals surface area contributed by atoms with Crippen molar-refractivity contribution in [2.75, 3.05) is 11.9 Å². The monoisotopic (exact) mass is 306 g/mol. The fourth-order valence-corrected chi connectivity index (χ4v) is 2.49. The number of carboxylic acid groups (broad SMARTS) is 1. The van der Waals surface area contributed by atoms with E-state index in [2.05, 4.69) is 15.6 Å². The van der Waals surface area contributed by atoms with Crippen molar-refractivity contribution in [2.24, 2.45) is 0 Å². The van der Waals surface area contributed by atoms with Gasteiger partial charge in [-0.1, -0.05) is 0 Å². The number of anilines is 1. The fraction of sp³-hybridized carbons (Fsp3) is 0.533. The number of hydrogen-bond donors (Lipinski definition) is 3. The van der Waals surface area contributed by atoms with Gasteiger partial charge in [0.15, 0.2) is 0 Å². The highest BCUT2D eigenvalue weighted by Crippen LogP contribution is 2.31. The zero-order valence-electron chi connectivity index (χ0n) is 13.5. The van der Waals surface area contributed by atoms with E-state index in [1.165, 1.54) is 0 Å². The third-order valence-electron chi connectivity index (χ3n) is 3.93. The normalized spacial score (nSPS) is 13.8. The van der Waals surface area contributed by atoms with Crippen LogP contribution in [-0.2, 0) is 12.1 Å². The van der Waals surface area contributed by atoms with Crippen LogP contribution < -0.4 is 15.5 Å². The number of rotatable bonds is 4. The summed E-state index contributed by atoms with van der Waals surface area (Å²) in [4.78, 5) is 29.6. The minimum atomic E-state index is -1.12. The molecule has 0 bridgehead atoms. The summed E-state index contributed by atoms with van der Waals surface area (Å²) in [6.07, 6.45) is -1.12. The minimum Gasteiger partial charge on any atom is -0.465 e. The third kappa shape index (κ3) is 2.84. The Morgan fingerprint density at radius 2 is 2.14 bits per heavy atom. The summed E-state index contributed by atoms with van der Waals surface area (Å²) < 4.78 is 0. The molecular weight excluding hydrogens is 284 g/mol. The molecule has 2 heterocycles. The molecule has 0 radical (unpaired) electrons. The Morgan fingerprint density at radius 3 is 2.68 bits per heavy atom. The number of nitrogens with one attached hydrogen (secondary N) is 2. The molecule has 2 rings (SSSR count). The van der Waals surface area contributed by atoms with Crippen molar-refractivity contribution in [3.05, 3.63) is 22.9 Å². The van der Waals surface area contributed by atoms with Gasteiger partial charge in [-0.3, -0.25) is 4.79 Å². The molecule has 7 heteroatoms. The Kier molecular flexibility index (Phi) is 4.00. The predicted octanol–water partition coefficient (Wildman–Crippen LogP) is 1.67. The quantitative estimate of drug-likeness (QED) is 0.786. The molecule has 7 nitrogen and oxygen atoms in total. The molecule has 2 amide bonds. The molecular formula is C15H22N4O3. The van der Waals surface area contributed by atoms with Crippen LogP contribution in [0.5, 0.6) is 0 Å². The smallest absolute Gasteiger partial charge is 0.405 e. The number of aromatic nitrogens is 1. The van der Waals surface area contributed by atoms with Crippen molar-refractivity contribution in [3.63, 3.8) is 0 Å². The highest BCUT2D eigenvalue weighted by molar-refractivity contribution is 5.99. The van der Waals surface area contributed by atoms with Gasteiger partial charge in [-0.15, -0.1) is 0 Å². The molecule has 0 saturated carbocycles. The van der Waals surface area contributed by atoms with Crippen molar-refractivity contribution in [1.82, 2.24) is 15.6 Å². The number of hydrogen-bond acceptors (Lipinski definition) is 4. The maximum absolute atomic E-state index is 12.0. The number of carbonyl (C=O) groups excluding carboxylic acids is 1. The van der Waals surface area contributed by atoms with Gasteiger partial charge in [0.1, 0.15) is 5.82 Å². The van der Waals surface area contributed by atoms with Gasteiger partial charge in [-0.2, -0.15) is 0 Å². The average molecular weight is 306 g/mol. The first kappa shape index (κ1) is 16.1. The van der Waals surface area contributed by atoms with E-state index in [-0.39, 0.29) is 11.9 Å². The van der Waals surface area contributed by atoms with E-state index in [1.54, 1.807) is 19.9 Å². The standard InChI is InChI=1S/C15H22N4O3/c1-8(2)19(5)11-6-9-10(7-16-13(9)20)12(17-11)15(3,4)18-14(21)22/h6,8,18H,7H2,1-5H3,(H,16,20)(H,21,22). The van der Waals surface area contributed by atoms with Crippen molar-refractivity contribution in [2.45, 2.75) is 45.8 Å². The second-order valence-electron chi connectivity index (χ2n) is 6.30. The highest BCUT2D eigenvalue weighted by Gasteiger charge is 2.33. The lowest BCUT2D eigenvalue weighted by Gasteiger charge is -2.29. The predicted molar refractivity (Wildman–Crippen MR) is 83.1 cm³/mol. The van der Waals surface area contributed by atoms with Crippen LogP contribution in [-0.4, -0.2) is 35.2 Å². The molecule has 1 aromatic heterocycles. The number of amides is 2. The minimum absolute atomic E-state index is 0.150. The van der Waals surface area contributed by atoms with E-state index < -0.39 is 11.6 Å². The average Bonchev–Trinajstić information content (AvgIpc) is 2.77. The Balaban J connectivity index is 2.60. The van der Waals surface area contributed by atoms with Crippen LogP contribution in [0.2, 0.25) is 0 Å². The first-order valence-electron chi connectivity index (χ1n) is 7.20. The summed E-state index contributed by atoms with van der Waals surface area (Å²) in [7, 11) is 1.90. The summed E-state index contributed by atoms with van der Waals surface area (Å²) in [6.45, 7) is 7.90. The Morgan fingerprint density at radius 1 is 1.50 bits per heavy atom. The van der Waals surface area contributed by atoms with Gasteiger partial charge in [0, 0.05) is 30.8 Å². The van der Waals surface area contributed by atoms with Crippen LogP contribution in [0.25, 0.3) is 0 Å². The van der Waals surface area contributed by atoms with Crippen molar-refractivity contribution in [1.29, 1.82) is 0 Å².